The quantitative estimate of drug-likeness (QED) is 0.0902. The first-order valence-corrected chi connectivity index (χ1v) is 12.4. The van der Waals surface area contributed by atoms with E-state index in [0.717, 1.165) is 12.2 Å². The van der Waals surface area contributed by atoms with Crippen LogP contribution in [-0.2, 0) is 57.2 Å². The Kier molecular flexibility index (Phi) is 19.3. The number of esters is 6. The topological polar surface area (TPSA) is 158 Å². The molecule has 214 valence electrons. The fourth-order valence-electron chi connectivity index (χ4n) is 2.85. The molecule has 2 unspecified atom stereocenters. The Hall–Kier alpha value is -3.70. The first-order valence-electron chi connectivity index (χ1n) is 12.4. The standard InChI is InChI=1S/C26H38O12/c1-5-20(26(32)38-17-15-36-24(30)11-9-13-34-22(28)7-3)18-19(4)25(31)37-16-14-35-23(29)10-8-12-33-21(27)6-2/h6-7,19-20H,2-3,5,8-18H2,1,4H3. The van der Waals surface area contributed by atoms with Gasteiger partial charge in [0.2, 0.25) is 0 Å². The molecular formula is C26H38O12. The van der Waals surface area contributed by atoms with E-state index >= 15 is 0 Å². The van der Waals surface area contributed by atoms with Crippen LogP contribution >= 0.6 is 0 Å². The molecule has 0 saturated carbocycles. The van der Waals surface area contributed by atoms with E-state index in [2.05, 4.69) is 13.2 Å². The number of carbonyl (C=O) groups is 6. The van der Waals surface area contributed by atoms with Crippen LogP contribution in [0.25, 0.3) is 0 Å². The molecule has 0 rings (SSSR count). The Labute approximate surface area is 222 Å². The van der Waals surface area contributed by atoms with Gasteiger partial charge in [-0.25, -0.2) is 9.59 Å². The van der Waals surface area contributed by atoms with Crippen molar-refractivity contribution in [2.75, 3.05) is 39.6 Å². The fourth-order valence-corrected chi connectivity index (χ4v) is 2.85. The number of hydrogen-bond acceptors (Lipinski definition) is 12. The van der Waals surface area contributed by atoms with Crippen LogP contribution in [0.1, 0.15) is 52.4 Å². The highest BCUT2D eigenvalue weighted by molar-refractivity contribution is 5.81. The van der Waals surface area contributed by atoms with Gasteiger partial charge >= 0.3 is 35.8 Å². The Morgan fingerprint density at radius 3 is 1.47 bits per heavy atom. The molecule has 38 heavy (non-hydrogen) atoms. The van der Waals surface area contributed by atoms with Crippen LogP contribution in [0.2, 0.25) is 0 Å². The van der Waals surface area contributed by atoms with E-state index in [1.807, 2.05) is 0 Å². The summed E-state index contributed by atoms with van der Waals surface area (Å²) in [6.45, 7) is 9.53. The van der Waals surface area contributed by atoms with Crippen LogP contribution in [-0.4, -0.2) is 75.5 Å². The molecule has 0 aromatic carbocycles. The minimum Gasteiger partial charge on any atom is -0.463 e. The lowest BCUT2D eigenvalue weighted by Gasteiger charge is -2.18. The van der Waals surface area contributed by atoms with E-state index in [1.165, 1.54) is 0 Å². The van der Waals surface area contributed by atoms with Gasteiger partial charge < -0.3 is 28.4 Å². The van der Waals surface area contributed by atoms with Crippen LogP contribution in [0.3, 0.4) is 0 Å². The molecule has 0 heterocycles. The van der Waals surface area contributed by atoms with Crippen molar-refractivity contribution in [3.63, 3.8) is 0 Å². The molecule has 2 atom stereocenters. The van der Waals surface area contributed by atoms with Gasteiger partial charge in [-0.1, -0.05) is 27.0 Å². The SMILES string of the molecule is C=CC(=O)OCCCC(=O)OCCOC(=O)C(C)CC(CC)C(=O)OCCOC(=O)CCCOC(=O)C=C. The maximum Gasteiger partial charge on any atom is 0.330 e. The maximum atomic E-state index is 12.3. The van der Waals surface area contributed by atoms with Gasteiger partial charge in [-0.05, 0) is 25.7 Å². The first kappa shape index (κ1) is 34.3. The first-order chi connectivity index (χ1) is 18.1. The molecule has 0 amide bonds. The Morgan fingerprint density at radius 1 is 0.632 bits per heavy atom. The van der Waals surface area contributed by atoms with Gasteiger partial charge in [-0.2, -0.15) is 0 Å². The molecule has 0 fully saturated rings. The third kappa shape index (κ3) is 17.7. The largest absolute Gasteiger partial charge is 0.463 e. The second-order valence-corrected chi connectivity index (χ2v) is 7.97. The lowest BCUT2D eigenvalue weighted by molar-refractivity contribution is -0.158. The number of carbonyl (C=O) groups excluding carboxylic acids is 6. The monoisotopic (exact) mass is 542 g/mol. The predicted octanol–water partition coefficient (Wildman–Crippen LogP) is 2.23. The van der Waals surface area contributed by atoms with Crippen LogP contribution in [0.15, 0.2) is 25.3 Å². The average Bonchev–Trinajstić information content (AvgIpc) is 2.91. The maximum absolute atomic E-state index is 12.3. The van der Waals surface area contributed by atoms with Gasteiger partial charge in [0.15, 0.2) is 0 Å². The minimum absolute atomic E-state index is 0.0431. The summed E-state index contributed by atoms with van der Waals surface area (Å²) in [7, 11) is 0. The second-order valence-electron chi connectivity index (χ2n) is 7.97. The van der Waals surface area contributed by atoms with Crippen molar-refractivity contribution in [2.45, 2.75) is 52.4 Å². The van der Waals surface area contributed by atoms with E-state index in [0.29, 0.717) is 19.3 Å². The lowest BCUT2D eigenvalue weighted by atomic mass is 9.94. The van der Waals surface area contributed by atoms with Gasteiger partial charge in [0.05, 0.1) is 25.0 Å². The zero-order chi connectivity index (χ0) is 28.8. The summed E-state index contributed by atoms with van der Waals surface area (Å²) < 4.78 is 29.6. The molecule has 12 nitrogen and oxygen atoms in total. The summed E-state index contributed by atoms with van der Waals surface area (Å²) in [5, 5.41) is 0. The number of hydrogen-bond donors (Lipinski definition) is 0. The molecule has 12 heteroatoms. The third-order valence-electron chi connectivity index (χ3n) is 4.92. The second kappa shape index (κ2) is 21.4. The van der Waals surface area contributed by atoms with Crippen molar-refractivity contribution in [3.05, 3.63) is 25.3 Å². The van der Waals surface area contributed by atoms with Crippen molar-refractivity contribution in [1.29, 1.82) is 0 Å². The molecule has 0 aliphatic rings. The molecule has 0 aromatic heterocycles. The molecular weight excluding hydrogens is 504 g/mol. The highest BCUT2D eigenvalue weighted by Crippen LogP contribution is 2.18. The van der Waals surface area contributed by atoms with Crippen LogP contribution in [0.4, 0.5) is 0 Å². The zero-order valence-electron chi connectivity index (χ0n) is 22.1. The minimum atomic E-state index is -0.601. The van der Waals surface area contributed by atoms with Crippen LogP contribution in [0, 0.1) is 11.8 Å². The molecule has 0 saturated heterocycles. The van der Waals surface area contributed by atoms with Crippen LogP contribution in [0.5, 0.6) is 0 Å². The molecule has 0 aromatic rings. The van der Waals surface area contributed by atoms with Gasteiger partial charge in [-0.3, -0.25) is 19.2 Å². The molecule has 0 aliphatic carbocycles. The van der Waals surface area contributed by atoms with E-state index in [4.69, 9.17) is 28.4 Å². The lowest BCUT2D eigenvalue weighted by Crippen LogP contribution is -2.26. The normalized spacial score (nSPS) is 11.7. The molecule has 0 N–H and O–H groups in total. The third-order valence-corrected chi connectivity index (χ3v) is 4.92. The summed E-state index contributed by atoms with van der Waals surface area (Å²) >= 11 is 0. The van der Waals surface area contributed by atoms with Crippen molar-refractivity contribution >= 4 is 35.8 Å². The molecule has 0 radical (unpaired) electrons. The van der Waals surface area contributed by atoms with E-state index in [-0.39, 0.29) is 58.9 Å². The molecule has 0 aliphatic heterocycles. The smallest absolute Gasteiger partial charge is 0.330 e. The summed E-state index contributed by atoms with van der Waals surface area (Å²) in [6.07, 6.45) is 3.35. The van der Waals surface area contributed by atoms with Gasteiger partial charge in [-0.15, -0.1) is 0 Å². The van der Waals surface area contributed by atoms with Crippen molar-refractivity contribution in [3.8, 4) is 0 Å². The van der Waals surface area contributed by atoms with Crippen molar-refractivity contribution in [2.24, 2.45) is 11.8 Å². The number of ether oxygens (including phenoxy) is 6. The summed E-state index contributed by atoms with van der Waals surface area (Å²) in [5.41, 5.74) is 0. The Bertz CT molecular complexity index is 804. The van der Waals surface area contributed by atoms with Crippen molar-refractivity contribution < 1.29 is 57.2 Å². The van der Waals surface area contributed by atoms with E-state index in [9.17, 15) is 28.8 Å². The zero-order valence-corrected chi connectivity index (χ0v) is 22.1. The van der Waals surface area contributed by atoms with Crippen molar-refractivity contribution in [1.82, 2.24) is 0 Å². The summed E-state index contributed by atoms with van der Waals surface area (Å²) in [4.78, 5) is 69.5. The summed E-state index contributed by atoms with van der Waals surface area (Å²) in [5.74, 6) is -4.40. The van der Waals surface area contributed by atoms with E-state index in [1.54, 1.807) is 13.8 Å². The average molecular weight is 543 g/mol. The van der Waals surface area contributed by atoms with Gasteiger partial charge in [0.25, 0.3) is 0 Å². The van der Waals surface area contributed by atoms with Gasteiger partial charge in [0.1, 0.15) is 26.4 Å². The Morgan fingerprint density at radius 2 is 1.05 bits per heavy atom. The highest BCUT2D eigenvalue weighted by atomic mass is 16.6. The van der Waals surface area contributed by atoms with Gasteiger partial charge in [0, 0.05) is 25.0 Å². The molecule has 0 spiro atoms. The van der Waals surface area contributed by atoms with Crippen LogP contribution < -0.4 is 0 Å². The predicted molar refractivity (Wildman–Crippen MR) is 132 cm³/mol. The number of rotatable bonds is 21. The fraction of sp³-hybridized carbons (Fsp3) is 0.615. The Balaban J connectivity index is 4.06. The molecule has 0 bridgehead atoms. The summed E-state index contributed by atoms with van der Waals surface area (Å²) in [6, 6.07) is 0. The highest BCUT2D eigenvalue weighted by Gasteiger charge is 2.25. The van der Waals surface area contributed by atoms with E-state index < -0.39 is 47.7 Å².